The monoisotopic (exact) mass is 278 g/mol. The molecule has 0 aliphatic carbocycles. The van der Waals surface area contributed by atoms with Gasteiger partial charge in [0.25, 0.3) is 0 Å². The van der Waals surface area contributed by atoms with E-state index in [0.717, 1.165) is 17.1 Å². The van der Waals surface area contributed by atoms with Crippen LogP contribution in [0.25, 0.3) is 11.4 Å². The maximum absolute atomic E-state index is 12.1. The number of rotatable bonds is 4. The molecule has 0 unspecified atom stereocenters. The second kappa shape index (κ2) is 6.00. The maximum atomic E-state index is 12.1. The summed E-state index contributed by atoms with van der Waals surface area (Å²) in [6.07, 6.45) is 6.89. The van der Waals surface area contributed by atoms with E-state index in [9.17, 15) is 4.79 Å². The number of para-hydroxylation sites is 1. The standard InChI is InChI=1S/C16H14N4O/c21-15(19-14-4-2-1-3-5-14)12-20-11-10-18-16(20)13-6-8-17-9-7-13/h1-11H,12H2,(H,19,21). The third-order valence-corrected chi connectivity index (χ3v) is 3.03. The second-order valence-electron chi connectivity index (χ2n) is 4.53. The van der Waals surface area contributed by atoms with E-state index in [2.05, 4.69) is 15.3 Å². The van der Waals surface area contributed by atoms with E-state index in [1.165, 1.54) is 0 Å². The van der Waals surface area contributed by atoms with Gasteiger partial charge in [-0.1, -0.05) is 18.2 Å². The van der Waals surface area contributed by atoms with E-state index in [4.69, 9.17) is 0 Å². The lowest BCUT2D eigenvalue weighted by Crippen LogP contribution is -2.18. The quantitative estimate of drug-likeness (QED) is 0.798. The van der Waals surface area contributed by atoms with Crippen molar-refractivity contribution in [3.8, 4) is 11.4 Å². The van der Waals surface area contributed by atoms with Gasteiger partial charge in [0.1, 0.15) is 12.4 Å². The van der Waals surface area contributed by atoms with Gasteiger partial charge < -0.3 is 9.88 Å². The summed E-state index contributed by atoms with van der Waals surface area (Å²) in [5.41, 5.74) is 1.72. The van der Waals surface area contributed by atoms with E-state index in [1.54, 1.807) is 24.8 Å². The molecule has 0 fully saturated rings. The Morgan fingerprint density at radius 3 is 2.57 bits per heavy atom. The van der Waals surface area contributed by atoms with Crippen molar-refractivity contribution in [1.29, 1.82) is 0 Å². The number of hydrogen-bond acceptors (Lipinski definition) is 3. The summed E-state index contributed by atoms with van der Waals surface area (Å²) in [5, 5.41) is 2.86. The number of pyridine rings is 1. The molecular weight excluding hydrogens is 264 g/mol. The zero-order valence-corrected chi connectivity index (χ0v) is 11.3. The minimum absolute atomic E-state index is 0.0884. The number of benzene rings is 1. The molecule has 0 atom stereocenters. The highest BCUT2D eigenvalue weighted by Gasteiger charge is 2.09. The van der Waals surface area contributed by atoms with E-state index in [1.807, 2.05) is 47.0 Å². The molecule has 3 aromatic rings. The zero-order chi connectivity index (χ0) is 14.5. The van der Waals surface area contributed by atoms with Crippen LogP contribution < -0.4 is 5.32 Å². The Morgan fingerprint density at radius 1 is 1.05 bits per heavy atom. The molecule has 0 aliphatic rings. The maximum Gasteiger partial charge on any atom is 0.244 e. The average molecular weight is 278 g/mol. The summed E-state index contributed by atoms with van der Waals surface area (Å²) >= 11 is 0. The molecule has 104 valence electrons. The Balaban J connectivity index is 1.74. The van der Waals surface area contributed by atoms with Crippen LogP contribution in [0.3, 0.4) is 0 Å². The van der Waals surface area contributed by atoms with Gasteiger partial charge in [-0.15, -0.1) is 0 Å². The molecular formula is C16H14N4O. The van der Waals surface area contributed by atoms with E-state index in [0.29, 0.717) is 0 Å². The first-order valence-corrected chi connectivity index (χ1v) is 6.59. The van der Waals surface area contributed by atoms with Crippen LogP contribution in [0.15, 0.2) is 67.3 Å². The fourth-order valence-electron chi connectivity index (χ4n) is 2.07. The van der Waals surface area contributed by atoms with Gasteiger partial charge in [-0.2, -0.15) is 0 Å². The van der Waals surface area contributed by atoms with Gasteiger partial charge in [-0.05, 0) is 24.3 Å². The molecule has 1 N–H and O–H groups in total. The number of carbonyl (C=O) groups is 1. The first kappa shape index (κ1) is 13.1. The van der Waals surface area contributed by atoms with Crippen molar-refractivity contribution in [1.82, 2.24) is 14.5 Å². The minimum Gasteiger partial charge on any atom is -0.325 e. The fraction of sp³-hybridized carbons (Fsp3) is 0.0625. The molecule has 0 saturated heterocycles. The molecule has 5 heteroatoms. The third-order valence-electron chi connectivity index (χ3n) is 3.03. The highest BCUT2D eigenvalue weighted by atomic mass is 16.1. The van der Waals surface area contributed by atoms with Crippen LogP contribution in [-0.4, -0.2) is 20.4 Å². The van der Waals surface area contributed by atoms with Crippen molar-refractivity contribution in [2.24, 2.45) is 0 Å². The number of carbonyl (C=O) groups excluding carboxylic acids is 1. The van der Waals surface area contributed by atoms with E-state index < -0.39 is 0 Å². The number of anilines is 1. The number of hydrogen-bond donors (Lipinski definition) is 1. The predicted octanol–water partition coefficient (Wildman–Crippen LogP) is 2.58. The van der Waals surface area contributed by atoms with Crippen molar-refractivity contribution in [3.05, 3.63) is 67.3 Å². The number of nitrogens with zero attached hydrogens (tertiary/aromatic N) is 3. The Labute approximate surface area is 122 Å². The van der Waals surface area contributed by atoms with Crippen LogP contribution in [0.2, 0.25) is 0 Å². The van der Waals surface area contributed by atoms with Crippen molar-refractivity contribution in [3.63, 3.8) is 0 Å². The SMILES string of the molecule is O=C(Cn1ccnc1-c1ccncc1)Nc1ccccc1. The molecule has 0 spiro atoms. The average Bonchev–Trinajstić information content (AvgIpc) is 2.97. The molecule has 5 nitrogen and oxygen atoms in total. The highest BCUT2D eigenvalue weighted by molar-refractivity contribution is 5.90. The summed E-state index contributed by atoms with van der Waals surface area (Å²) in [5.74, 6) is 0.662. The number of amides is 1. The van der Waals surface area contributed by atoms with Gasteiger partial charge in [0.2, 0.25) is 5.91 Å². The van der Waals surface area contributed by atoms with Gasteiger partial charge in [-0.25, -0.2) is 4.98 Å². The van der Waals surface area contributed by atoms with Crippen molar-refractivity contribution in [2.75, 3.05) is 5.32 Å². The van der Waals surface area contributed by atoms with Gasteiger partial charge in [-0.3, -0.25) is 9.78 Å². The summed E-state index contributed by atoms with van der Waals surface area (Å²) < 4.78 is 1.81. The summed E-state index contributed by atoms with van der Waals surface area (Å²) in [6, 6.07) is 13.1. The van der Waals surface area contributed by atoms with Crippen LogP contribution in [0.5, 0.6) is 0 Å². The van der Waals surface area contributed by atoms with Crippen LogP contribution in [0.1, 0.15) is 0 Å². The molecule has 0 bridgehead atoms. The molecule has 3 rings (SSSR count). The fourth-order valence-corrected chi connectivity index (χ4v) is 2.07. The van der Waals surface area contributed by atoms with Gasteiger partial charge >= 0.3 is 0 Å². The van der Waals surface area contributed by atoms with Gasteiger partial charge in [0, 0.05) is 36.0 Å². The number of nitrogens with one attached hydrogen (secondary N) is 1. The molecule has 21 heavy (non-hydrogen) atoms. The van der Waals surface area contributed by atoms with E-state index in [-0.39, 0.29) is 12.5 Å². The van der Waals surface area contributed by atoms with Gasteiger partial charge in [0.05, 0.1) is 0 Å². The Bertz CT molecular complexity index is 722. The minimum atomic E-state index is -0.0884. The first-order valence-electron chi connectivity index (χ1n) is 6.59. The Morgan fingerprint density at radius 2 is 1.81 bits per heavy atom. The molecule has 0 radical (unpaired) electrons. The highest BCUT2D eigenvalue weighted by Crippen LogP contribution is 2.16. The van der Waals surface area contributed by atoms with Crippen molar-refractivity contribution in [2.45, 2.75) is 6.54 Å². The van der Waals surface area contributed by atoms with Crippen LogP contribution >= 0.6 is 0 Å². The predicted molar refractivity (Wildman–Crippen MR) is 80.5 cm³/mol. The van der Waals surface area contributed by atoms with Crippen LogP contribution in [0.4, 0.5) is 5.69 Å². The summed E-state index contributed by atoms with van der Waals surface area (Å²) in [4.78, 5) is 20.4. The lowest BCUT2D eigenvalue weighted by molar-refractivity contribution is -0.116. The van der Waals surface area contributed by atoms with Crippen molar-refractivity contribution < 1.29 is 4.79 Å². The molecule has 0 saturated carbocycles. The number of aromatic nitrogens is 3. The molecule has 1 amide bonds. The molecule has 0 aliphatic heterocycles. The second-order valence-corrected chi connectivity index (χ2v) is 4.53. The normalized spacial score (nSPS) is 10.3. The lowest BCUT2D eigenvalue weighted by atomic mass is 10.2. The Kier molecular flexibility index (Phi) is 3.73. The zero-order valence-electron chi connectivity index (χ0n) is 11.3. The van der Waals surface area contributed by atoms with Crippen molar-refractivity contribution >= 4 is 11.6 Å². The number of imidazole rings is 1. The summed E-state index contributed by atoms with van der Waals surface area (Å²) in [6.45, 7) is 0.215. The van der Waals surface area contributed by atoms with Gasteiger partial charge in [0.15, 0.2) is 0 Å². The van der Waals surface area contributed by atoms with Crippen LogP contribution in [0, 0.1) is 0 Å². The molecule has 2 heterocycles. The third kappa shape index (κ3) is 3.14. The topological polar surface area (TPSA) is 59.8 Å². The lowest BCUT2D eigenvalue weighted by Gasteiger charge is -2.08. The van der Waals surface area contributed by atoms with Crippen LogP contribution in [-0.2, 0) is 11.3 Å². The Hall–Kier alpha value is -2.95. The smallest absolute Gasteiger partial charge is 0.244 e. The first-order chi connectivity index (χ1) is 10.3. The molecule has 1 aromatic carbocycles. The summed E-state index contributed by atoms with van der Waals surface area (Å²) in [7, 11) is 0. The van der Waals surface area contributed by atoms with E-state index >= 15 is 0 Å². The molecule has 2 aromatic heterocycles. The largest absolute Gasteiger partial charge is 0.325 e.